The normalized spacial score (nSPS) is 20.3. The predicted octanol–water partition coefficient (Wildman–Crippen LogP) is 3.77. The molecule has 0 radical (unpaired) electrons. The van der Waals surface area contributed by atoms with Crippen molar-refractivity contribution in [3.63, 3.8) is 0 Å². The van der Waals surface area contributed by atoms with Gasteiger partial charge in [-0.3, -0.25) is 0 Å². The highest BCUT2D eigenvalue weighted by Crippen LogP contribution is 2.40. The van der Waals surface area contributed by atoms with Crippen molar-refractivity contribution in [3.8, 4) is 5.75 Å². The molecule has 2 aromatic rings. The number of carbonyl (C=O) groups is 1. The second-order valence-corrected chi connectivity index (χ2v) is 5.86. The maximum absolute atomic E-state index is 11.6. The number of halogens is 1. The molecule has 2 N–H and O–H groups in total. The van der Waals surface area contributed by atoms with Crippen LogP contribution in [0.1, 0.15) is 25.5 Å². The molecule has 3 rings (SSSR count). The summed E-state index contributed by atoms with van der Waals surface area (Å²) in [4.78, 5) is 11.6. The van der Waals surface area contributed by atoms with Crippen LogP contribution >= 0.6 is 12.4 Å². The van der Waals surface area contributed by atoms with Crippen LogP contribution in [0.3, 0.4) is 0 Å². The van der Waals surface area contributed by atoms with Crippen LogP contribution in [0.15, 0.2) is 36.4 Å². The summed E-state index contributed by atoms with van der Waals surface area (Å²) in [5.74, 6) is 0.251. The molecular weight excluding hydrogens is 290 g/mol. The minimum Gasteiger partial charge on any atom is -0.507 e. The second kappa shape index (κ2) is 5.45. The van der Waals surface area contributed by atoms with Crippen molar-refractivity contribution < 1.29 is 14.6 Å². The van der Waals surface area contributed by atoms with E-state index < -0.39 is 6.09 Å². The first-order valence-corrected chi connectivity index (χ1v) is 6.63. The molecular formula is C16H18ClNO3. The van der Waals surface area contributed by atoms with E-state index in [1.807, 2.05) is 30.3 Å². The lowest BCUT2D eigenvalue weighted by Gasteiger charge is -2.39. The van der Waals surface area contributed by atoms with E-state index in [2.05, 4.69) is 19.2 Å². The SMILES string of the molecule is CC1(C)COC(=O)N[C@@H]1c1ccc(O)c2ccccc12.Cl. The summed E-state index contributed by atoms with van der Waals surface area (Å²) >= 11 is 0. The van der Waals surface area contributed by atoms with Gasteiger partial charge in [0.2, 0.25) is 0 Å². The van der Waals surface area contributed by atoms with E-state index in [9.17, 15) is 9.90 Å². The van der Waals surface area contributed by atoms with E-state index >= 15 is 0 Å². The lowest BCUT2D eigenvalue weighted by molar-refractivity contribution is 0.0391. The summed E-state index contributed by atoms with van der Waals surface area (Å²) in [6.45, 7) is 4.48. The van der Waals surface area contributed by atoms with E-state index in [0.29, 0.717) is 6.61 Å². The Labute approximate surface area is 129 Å². The van der Waals surface area contributed by atoms with Gasteiger partial charge < -0.3 is 15.2 Å². The van der Waals surface area contributed by atoms with E-state index in [0.717, 1.165) is 16.3 Å². The molecule has 1 heterocycles. The lowest BCUT2D eigenvalue weighted by atomic mass is 9.79. The highest BCUT2D eigenvalue weighted by Gasteiger charge is 2.38. The van der Waals surface area contributed by atoms with Gasteiger partial charge in [0.1, 0.15) is 12.4 Å². The fraction of sp³-hybridized carbons (Fsp3) is 0.312. The molecule has 1 aliphatic rings. The third-order valence-electron chi connectivity index (χ3n) is 3.86. The van der Waals surface area contributed by atoms with E-state index in [1.54, 1.807) is 6.07 Å². The van der Waals surface area contributed by atoms with Gasteiger partial charge >= 0.3 is 6.09 Å². The number of fused-ring (bicyclic) bond motifs is 1. The maximum atomic E-state index is 11.6. The number of ether oxygens (including phenoxy) is 1. The predicted molar refractivity (Wildman–Crippen MR) is 83.9 cm³/mol. The van der Waals surface area contributed by atoms with Crippen LogP contribution in [0.5, 0.6) is 5.75 Å². The first kappa shape index (κ1) is 15.4. The molecule has 5 heteroatoms. The monoisotopic (exact) mass is 307 g/mol. The van der Waals surface area contributed by atoms with Gasteiger partial charge in [-0.25, -0.2) is 4.79 Å². The highest BCUT2D eigenvalue weighted by atomic mass is 35.5. The molecule has 0 bridgehead atoms. The number of rotatable bonds is 1. The molecule has 0 aliphatic carbocycles. The molecule has 0 spiro atoms. The molecule has 4 nitrogen and oxygen atoms in total. The Kier molecular flexibility index (Phi) is 4.01. The molecule has 2 aromatic carbocycles. The first-order valence-electron chi connectivity index (χ1n) is 6.63. The van der Waals surface area contributed by atoms with E-state index in [1.165, 1.54) is 0 Å². The summed E-state index contributed by atoms with van der Waals surface area (Å²) in [5.41, 5.74) is 0.785. The molecule has 21 heavy (non-hydrogen) atoms. The Balaban J connectivity index is 0.00000161. The third kappa shape index (κ3) is 2.63. The first-order chi connectivity index (χ1) is 9.49. The topological polar surface area (TPSA) is 58.6 Å². The summed E-state index contributed by atoms with van der Waals surface area (Å²) in [5, 5.41) is 14.6. The van der Waals surface area contributed by atoms with Crippen LogP contribution < -0.4 is 5.32 Å². The molecule has 1 amide bonds. The van der Waals surface area contributed by atoms with Gasteiger partial charge in [0, 0.05) is 10.8 Å². The van der Waals surface area contributed by atoms with Gasteiger partial charge in [-0.15, -0.1) is 12.4 Å². The van der Waals surface area contributed by atoms with Crippen molar-refractivity contribution in [2.45, 2.75) is 19.9 Å². The van der Waals surface area contributed by atoms with Crippen molar-refractivity contribution in [3.05, 3.63) is 42.0 Å². The number of cyclic esters (lactones) is 1. The Hall–Kier alpha value is -1.94. The number of amides is 1. The van der Waals surface area contributed by atoms with Crippen LogP contribution in [-0.2, 0) is 4.74 Å². The zero-order valence-corrected chi connectivity index (χ0v) is 12.7. The summed E-state index contributed by atoms with van der Waals surface area (Å²) in [6, 6.07) is 11.1. The van der Waals surface area contributed by atoms with E-state index in [4.69, 9.17) is 4.74 Å². The summed E-state index contributed by atoms with van der Waals surface area (Å²) in [7, 11) is 0. The number of carbonyl (C=O) groups excluding carboxylic acids is 1. The second-order valence-electron chi connectivity index (χ2n) is 5.86. The van der Waals surface area contributed by atoms with Crippen molar-refractivity contribution in [1.29, 1.82) is 0 Å². The standard InChI is InChI=1S/C16H17NO3.ClH/c1-16(2)9-20-15(19)17-14(16)12-7-8-13(18)11-6-4-3-5-10(11)12;/h3-8,14,18H,9H2,1-2H3,(H,17,19);1H/t14-;/m1./s1. The van der Waals surface area contributed by atoms with Crippen LogP contribution in [0.4, 0.5) is 4.79 Å². The van der Waals surface area contributed by atoms with Crippen molar-refractivity contribution in [1.82, 2.24) is 5.32 Å². The minimum atomic E-state index is -0.397. The number of phenols is 1. The van der Waals surface area contributed by atoms with Crippen LogP contribution in [0, 0.1) is 5.41 Å². The number of phenolic OH excluding ortho intramolecular Hbond substituents is 1. The fourth-order valence-electron chi connectivity index (χ4n) is 2.75. The molecule has 1 fully saturated rings. The Bertz CT molecular complexity index is 684. The van der Waals surface area contributed by atoms with Crippen LogP contribution in [0.25, 0.3) is 10.8 Å². The maximum Gasteiger partial charge on any atom is 0.407 e. The molecule has 0 unspecified atom stereocenters. The van der Waals surface area contributed by atoms with Crippen LogP contribution in [-0.4, -0.2) is 17.8 Å². The quantitative estimate of drug-likeness (QED) is 0.843. The fourth-order valence-corrected chi connectivity index (χ4v) is 2.75. The van der Waals surface area contributed by atoms with Crippen molar-refractivity contribution in [2.75, 3.05) is 6.61 Å². The van der Waals surface area contributed by atoms with Gasteiger partial charge in [-0.2, -0.15) is 0 Å². The number of alkyl carbamates (subject to hydrolysis) is 1. The zero-order chi connectivity index (χ0) is 14.3. The van der Waals surface area contributed by atoms with Crippen molar-refractivity contribution in [2.24, 2.45) is 5.41 Å². The van der Waals surface area contributed by atoms with E-state index in [-0.39, 0.29) is 29.6 Å². The largest absolute Gasteiger partial charge is 0.507 e. The molecule has 1 aliphatic heterocycles. The Morgan fingerprint density at radius 2 is 1.86 bits per heavy atom. The Morgan fingerprint density at radius 3 is 2.57 bits per heavy atom. The number of benzene rings is 2. The number of hydrogen-bond donors (Lipinski definition) is 2. The Morgan fingerprint density at radius 1 is 1.19 bits per heavy atom. The van der Waals surface area contributed by atoms with Gasteiger partial charge in [0.15, 0.2) is 0 Å². The smallest absolute Gasteiger partial charge is 0.407 e. The number of hydrogen-bond acceptors (Lipinski definition) is 3. The number of aromatic hydroxyl groups is 1. The average molecular weight is 308 g/mol. The molecule has 0 saturated carbocycles. The molecule has 112 valence electrons. The lowest BCUT2D eigenvalue weighted by Crippen LogP contribution is -2.47. The minimum absolute atomic E-state index is 0. The molecule has 1 atom stereocenters. The van der Waals surface area contributed by atoms with Gasteiger partial charge in [-0.05, 0) is 17.0 Å². The highest BCUT2D eigenvalue weighted by molar-refractivity contribution is 5.91. The average Bonchev–Trinajstić information content (AvgIpc) is 2.43. The van der Waals surface area contributed by atoms with Crippen LogP contribution in [0.2, 0.25) is 0 Å². The third-order valence-corrected chi connectivity index (χ3v) is 3.86. The zero-order valence-electron chi connectivity index (χ0n) is 11.9. The summed E-state index contributed by atoms with van der Waals surface area (Å²) in [6.07, 6.45) is -0.397. The summed E-state index contributed by atoms with van der Waals surface area (Å²) < 4.78 is 5.08. The van der Waals surface area contributed by atoms with Gasteiger partial charge in [-0.1, -0.05) is 44.2 Å². The van der Waals surface area contributed by atoms with Gasteiger partial charge in [0.05, 0.1) is 6.04 Å². The number of nitrogens with one attached hydrogen (secondary N) is 1. The molecule has 0 aromatic heterocycles. The molecule has 1 saturated heterocycles. The van der Waals surface area contributed by atoms with Crippen molar-refractivity contribution >= 4 is 29.3 Å². The van der Waals surface area contributed by atoms with Gasteiger partial charge in [0.25, 0.3) is 0 Å².